The van der Waals surface area contributed by atoms with Gasteiger partial charge in [-0.05, 0) is 42.8 Å². The number of nitrogens with zero attached hydrogens (tertiary/aromatic N) is 2. The second-order valence-electron chi connectivity index (χ2n) is 5.62. The van der Waals surface area contributed by atoms with Crippen molar-refractivity contribution < 1.29 is 0 Å². The molecule has 0 fully saturated rings. The lowest BCUT2D eigenvalue weighted by molar-refractivity contribution is 0.552. The number of aryl methyl sites for hydroxylation is 1. The maximum atomic E-state index is 4.74. The van der Waals surface area contributed by atoms with Gasteiger partial charge in [-0.25, -0.2) is 4.98 Å². The first-order valence-corrected chi connectivity index (χ1v) is 8.86. The van der Waals surface area contributed by atoms with E-state index in [2.05, 4.69) is 56.4 Å². The topological polar surface area (TPSA) is 28.2 Å². The molecular weight excluding hydrogens is 266 g/mol. The van der Waals surface area contributed by atoms with Crippen molar-refractivity contribution in [2.45, 2.75) is 33.7 Å². The molecule has 1 aromatic rings. The zero-order valence-electron chi connectivity index (χ0n) is 13.6. The van der Waals surface area contributed by atoms with Crippen LogP contribution in [-0.4, -0.2) is 37.1 Å². The molecule has 0 aliphatic heterocycles. The van der Waals surface area contributed by atoms with Crippen molar-refractivity contribution in [1.82, 2.24) is 10.3 Å². The molecule has 0 amide bonds. The van der Waals surface area contributed by atoms with Crippen LogP contribution in [0.15, 0.2) is 12.1 Å². The molecule has 0 spiro atoms. The maximum Gasteiger partial charge on any atom is 0.128 e. The van der Waals surface area contributed by atoms with Gasteiger partial charge in [0.2, 0.25) is 0 Å². The predicted octanol–water partition coefficient (Wildman–Crippen LogP) is 3.19. The number of thioether (sulfide) groups is 1. The van der Waals surface area contributed by atoms with E-state index in [1.165, 1.54) is 11.3 Å². The summed E-state index contributed by atoms with van der Waals surface area (Å²) in [4.78, 5) is 6.99. The van der Waals surface area contributed by atoms with Crippen LogP contribution in [0.25, 0.3) is 0 Å². The number of aromatic nitrogens is 1. The van der Waals surface area contributed by atoms with Crippen LogP contribution >= 0.6 is 11.8 Å². The van der Waals surface area contributed by atoms with E-state index in [0.29, 0.717) is 5.92 Å². The molecule has 1 N–H and O–H groups in total. The average Bonchev–Trinajstić information content (AvgIpc) is 2.43. The second kappa shape index (κ2) is 9.24. The smallest absolute Gasteiger partial charge is 0.128 e. The zero-order chi connectivity index (χ0) is 15.0. The van der Waals surface area contributed by atoms with Gasteiger partial charge in [0.25, 0.3) is 0 Å². The van der Waals surface area contributed by atoms with E-state index < -0.39 is 0 Å². The monoisotopic (exact) mass is 295 g/mol. The quantitative estimate of drug-likeness (QED) is 0.757. The third-order valence-corrected chi connectivity index (χ3v) is 3.78. The van der Waals surface area contributed by atoms with Gasteiger partial charge in [0, 0.05) is 31.6 Å². The Labute approximate surface area is 128 Å². The van der Waals surface area contributed by atoms with Crippen molar-refractivity contribution in [3.05, 3.63) is 23.4 Å². The van der Waals surface area contributed by atoms with Crippen molar-refractivity contribution in [3.8, 4) is 0 Å². The minimum Gasteiger partial charge on any atom is -0.359 e. The molecule has 0 aromatic carbocycles. The summed E-state index contributed by atoms with van der Waals surface area (Å²) in [7, 11) is 2.13. The van der Waals surface area contributed by atoms with E-state index in [4.69, 9.17) is 4.98 Å². The van der Waals surface area contributed by atoms with Gasteiger partial charge < -0.3 is 10.2 Å². The average molecular weight is 295 g/mol. The minimum absolute atomic E-state index is 0.686. The van der Waals surface area contributed by atoms with Gasteiger partial charge in [0.15, 0.2) is 0 Å². The van der Waals surface area contributed by atoms with E-state index in [1.54, 1.807) is 0 Å². The van der Waals surface area contributed by atoms with Crippen molar-refractivity contribution in [1.29, 1.82) is 0 Å². The summed E-state index contributed by atoms with van der Waals surface area (Å²) in [5.74, 6) is 2.92. The lowest BCUT2D eigenvalue weighted by atomic mass is 10.1. The number of anilines is 1. The first-order chi connectivity index (χ1) is 9.56. The Morgan fingerprint density at radius 3 is 2.70 bits per heavy atom. The van der Waals surface area contributed by atoms with Crippen LogP contribution in [-0.2, 0) is 13.0 Å². The fourth-order valence-electron chi connectivity index (χ4n) is 1.96. The van der Waals surface area contributed by atoms with E-state index in [9.17, 15) is 0 Å². The Hall–Kier alpha value is -0.740. The number of nitrogens with one attached hydrogen (secondary N) is 1. The standard InChI is InChI=1S/C16H29N3S/c1-6-15-9-14(12-17-11-13(2)3)10-16(18-15)19(4)7-8-20-5/h9-10,13,17H,6-8,11-12H2,1-5H3. The highest BCUT2D eigenvalue weighted by Gasteiger charge is 2.06. The summed E-state index contributed by atoms with van der Waals surface area (Å²) < 4.78 is 0. The number of hydrogen-bond donors (Lipinski definition) is 1. The molecule has 3 nitrogen and oxygen atoms in total. The Morgan fingerprint density at radius 2 is 2.10 bits per heavy atom. The van der Waals surface area contributed by atoms with Gasteiger partial charge in [-0.1, -0.05) is 20.8 Å². The van der Waals surface area contributed by atoms with Crippen molar-refractivity contribution in [2.24, 2.45) is 5.92 Å². The lowest BCUT2D eigenvalue weighted by Gasteiger charge is -2.19. The molecule has 20 heavy (non-hydrogen) atoms. The Morgan fingerprint density at radius 1 is 1.35 bits per heavy atom. The van der Waals surface area contributed by atoms with Gasteiger partial charge in [-0.2, -0.15) is 11.8 Å². The van der Waals surface area contributed by atoms with E-state index in [0.717, 1.165) is 37.6 Å². The highest BCUT2D eigenvalue weighted by Crippen LogP contribution is 2.15. The van der Waals surface area contributed by atoms with Crippen LogP contribution in [0.1, 0.15) is 32.0 Å². The largest absolute Gasteiger partial charge is 0.359 e. The highest BCUT2D eigenvalue weighted by atomic mass is 32.2. The molecule has 1 aromatic heterocycles. The number of hydrogen-bond acceptors (Lipinski definition) is 4. The second-order valence-corrected chi connectivity index (χ2v) is 6.60. The summed E-state index contributed by atoms with van der Waals surface area (Å²) in [6.45, 7) is 9.66. The van der Waals surface area contributed by atoms with Crippen LogP contribution in [0.4, 0.5) is 5.82 Å². The van der Waals surface area contributed by atoms with E-state index in [1.807, 2.05) is 11.8 Å². The molecule has 1 rings (SSSR count). The number of rotatable bonds is 9. The summed E-state index contributed by atoms with van der Waals surface area (Å²) in [6, 6.07) is 4.44. The van der Waals surface area contributed by atoms with Crippen LogP contribution < -0.4 is 10.2 Å². The van der Waals surface area contributed by atoms with Crippen molar-refractivity contribution in [2.75, 3.05) is 37.0 Å². The third kappa shape index (κ3) is 6.14. The minimum atomic E-state index is 0.686. The van der Waals surface area contributed by atoms with Crippen molar-refractivity contribution >= 4 is 17.6 Å². The highest BCUT2D eigenvalue weighted by molar-refractivity contribution is 7.98. The van der Waals surface area contributed by atoms with E-state index in [-0.39, 0.29) is 0 Å². The molecule has 0 saturated carbocycles. The fourth-order valence-corrected chi connectivity index (χ4v) is 2.42. The summed E-state index contributed by atoms with van der Waals surface area (Å²) in [6.07, 6.45) is 3.13. The SMILES string of the molecule is CCc1cc(CNCC(C)C)cc(N(C)CCSC)n1. The fraction of sp³-hybridized carbons (Fsp3) is 0.688. The normalized spacial score (nSPS) is 11.1. The molecule has 0 unspecified atom stereocenters. The molecule has 0 bridgehead atoms. The van der Waals surface area contributed by atoms with Gasteiger partial charge in [0.05, 0.1) is 0 Å². The lowest BCUT2D eigenvalue weighted by Crippen LogP contribution is -2.23. The van der Waals surface area contributed by atoms with Crippen LogP contribution in [0, 0.1) is 5.92 Å². The van der Waals surface area contributed by atoms with Gasteiger partial charge in [0.1, 0.15) is 5.82 Å². The Kier molecular flexibility index (Phi) is 8.00. The zero-order valence-corrected chi connectivity index (χ0v) is 14.4. The Bertz CT molecular complexity index is 393. The number of pyridine rings is 1. The molecular formula is C16H29N3S. The summed E-state index contributed by atoms with van der Waals surface area (Å²) in [5, 5.41) is 3.51. The summed E-state index contributed by atoms with van der Waals surface area (Å²) >= 11 is 1.87. The maximum absolute atomic E-state index is 4.74. The van der Waals surface area contributed by atoms with Gasteiger partial charge in [-0.15, -0.1) is 0 Å². The molecule has 0 atom stereocenters. The summed E-state index contributed by atoms with van der Waals surface area (Å²) in [5.41, 5.74) is 2.52. The molecule has 0 saturated heterocycles. The molecule has 0 radical (unpaired) electrons. The van der Waals surface area contributed by atoms with Crippen molar-refractivity contribution in [3.63, 3.8) is 0 Å². The molecule has 4 heteroatoms. The van der Waals surface area contributed by atoms with Crippen LogP contribution in [0.3, 0.4) is 0 Å². The molecule has 0 aliphatic carbocycles. The molecule has 0 aliphatic rings. The molecule has 114 valence electrons. The van der Waals surface area contributed by atoms with Gasteiger partial charge in [-0.3, -0.25) is 0 Å². The first-order valence-electron chi connectivity index (χ1n) is 7.47. The first kappa shape index (κ1) is 17.3. The van der Waals surface area contributed by atoms with E-state index >= 15 is 0 Å². The molecule has 1 heterocycles. The van der Waals surface area contributed by atoms with Crippen LogP contribution in [0.2, 0.25) is 0 Å². The predicted molar refractivity (Wildman–Crippen MR) is 91.8 cm³/mol. The Balaban J connectivity index is 2.74. The van der Waals surface area contributed by atoms with Gasteiger partial charge >= 0.3 is 0 Å². The van der Waals surface area contributed by atoms with Crippen LogP contribution in [0.5, 0.6) is 0 Å². The third-order valence-electron chi connectivity index (χ3n) is 3.19.